The molecule has 1 saturated heterocycles. The van der Waals surface area contributed by atoms with Gasteiger partial charge < -0.3 is 10.2 Å². The van der Waals surface area contributed by atoms with E-state index in [0.29, 0.717) is 0 Å². The molecule has 2 aromatic rings. The van der Waals surface area contributed by atoms with Crippen LogP contribution in [0.2, 0.25) is 0 Å². The molecule has 0 spiro atoms. The van der Waals surface area contributed by atoms with Crippen LogP contribution in [0.3, 0.4) is 0 Å². The Morgan fingerprint density at radius 1 is 0.667 bits per heavy atom. The van der Waals surface area contributed by atoms with Gasteiger partial charge in [-0.3, -0.25) is 9.80 Å². The lowest BCUT2D eigenvalue weighted by molar-refractivity contribution is -0.0367. The molecule has 1 aliphatic heterocycles. The van der Waals surface area contributed by atoms with Crippen LogP contribution in [-0.4, -0.2) is 58.4 Å². The zero-order valence-electron chi connectivity index (χ0n) is 14.0. The summed E-state index contributed by atoms with van der Waals surface area (Å²) in [5.41, 5.74) is 2.48. The molecule has 0 bridgehead atoms. The lowest BCUT2D eigenvalue weighted by Crippen LogP contribution is -2.61. The second kappa shape index (κ2) is 8.40. The molecule has 2 aromatic carbocycles. The largest absolute Gasteiger partial charge is 0.395 e. The van der Waals surface area contributed by atoms with Gasteiger partial charge in [-0.25, -0.2) is 0 Å². The number of benzene rings is 2. The number of nitrogens with zero attached hydrogens (tertiary/aromatic N) is 2. The minimum atomic E-state index is -0.0485. The summed E-state index contributed by atoms with van der Waals surface area (Å²) in [4.78, 5) is 4.58. The predicted octanol–water partition coefficient (Wildman–Crippen LogP) is 1.73. The molecule has 4 nitrogen and oxygen atoms in total. The highest BCUT2D eigenvalue weighted by Crippen LogP contribution is 2.21. The Morgan fingerprint density at radius 3 is 1.38 bits per heavy atom. The van der Waals surface area contributed by atoms with Gasteiger partial charge in [-0.15, -0.1) is 0 Å². The van der Waals surface area contributed by atoms with Gasteiger partial charge >= 0.3 is 0 Å². The van der Waals surface area contributed by atoms with E-state index in [1.807, 2.05) is 36.4 Å². The Bertz CT molecular complexity index is 550. The monoisotopic (exact) mass is 326 g/mol. The molecule has 1 unspecified atom stereocenters. The van der Waals surface area contributed by atoms with Crippen molar-refractivity contribution >= 4 is 0 Å². The van der Waals surface area contributed by atoms with Crippen molar-refractivity contribution in [3.8, 4) is 0 Å². The van der Waals surface area contributed by atoms with Gasteiger partial charge in [-0.05, 0) is 11.1 Å². The minimum absolute atomic E-state index is 0.0485. The van der Waals surface area contributed by atoms with Crippen LogP contribution in [0.25, 0.3) is 0 Å². The van der Waals surface area contributed by atoms with E-state index in [2.05, 4.69) is 34.1 Å². The first-order valence-electron chi connectivity index (χ1n) is 8.59. The second-order valence-electron chi connectivity index (χ2n) is 6.41. The maximum Gasteiger partial charge on any atom is 0.0603 e. The van der Waals surface area contributed by atoms with E-state index in [1.165, 1.54) is 11.1 Å². The Labute approximate surface area is 144 Å². The van der Waals surface area contributed by atoms with Crippen LogP contribution in [0.1, 0.15) is 11.1 Å². The fraction of sp³-hybridized carbons (Fsp3) is 0.400. The zero-order valence-corrected chi connectivity index (χ0v) is 14.0. The Hall–Kier alpha value is -1.72. The third kappa shape index (κ3) is 4.02. The molecule has 1 fully saturated rings. The number of hydrogen-bond donors (Lipinski definition) is 2. The fourth-order valence-corrected chi connectivity index (χ4v) is 3.58. The summed E-state index contributed by atoms with van der Waals surface area (Å²) in [6, 6.07) is 20.5. The smallest absolute Gasteiger partial charge is 0.0603 e. The molecule has 2 N–H and O–H groups in total. The van der Waals surface area contributed by atoms with Gasteiger partial charge in [-0.1, -0.05) is 60.7 Å². The average molecular weight is 326 g/mol. The number of aliphatic hydroxyl groups is 2. The molecule has 0 aliphatic carbocycles. The van der Waals surface area contributed by atoms with Crippen molar-refractivity contribution in [2.75, 3.05) is 26.3 Å². The summed E-state index contributed by atoms with van der Waals surface area (Å²) in [7, 11) is 0. The number of piperazine rings is 1. The van der Waals surface area contributed by atoms with E-state index < -0.39 is 0 Å². The van der Waals surface area contributed by atoms with Crippen LogP contribution in [0.5, 0.6) is 0 Å². The first-order valence-corrected chi connectivity index (χ1v) is 8.59. The Morgan fingerprint density at radius 2 is 1.04 bits per heavy atom. The highest BCUT2D eigenvalue weighted by Gasteiger charge is 2.35. The summed E-state index contributed by atoms with van der Waals surface area (Å²) in [5.74, 6) is 0. The van der Waals surface area contributed by atoms with Gasteiger partial charge in [0, 0.05) is 26.2 Å². The van der Waals surface area contributed by atoms with Crippen LogP contribution < -0.4 is 0 Å². The van der Waals surface area contributed by atoms with Gasteiger partial charge in [0.2, 0.25) is 0 Å². The Kier molecular flexibility index (Phi) is 5.99. The zero-order chi connectivity index (χ0) is 16.8. The first-order chi connectivity index (χ1) is 11.8. The molecular weight excluding hydrogens is 300 g/mol. The highest BCUT2D eigenvalue weighted by molar-refractivity contribution is 5.16. The molecular formula is C20H26N2O2. The summed E-state index contributed by atoms with van der Waals surface area (Å²) < 4.78 is 0. The van der Waals surface area contributed by atoms with Gasteiger partial charge in [-0.2, -0.15) is 0 Å². The summed E-state index contributed by atoms with van der Waals surface area (Å²) in [6.45, 7) is 3.52. The van der Waals surface area contributed by atoms with Crippen molar-refractivity contribution in [1.82, 2.24) is 9.80 Å². The van der Waals surface area contributed by atoms with Gasteiger partial charge in [0.1, 0.15) is 0 Å². The molecule has 3 rings (SSSR count). The van der Waals surface area contributed by atoms with Crippen molar-refractivity contribution in [2.45, 2.75) is 25.2 Å². The third-order valence-corrected chi connectivity index (χ3v) is 4.89. The molecule has 0 aromatic heterocycles. The van der Waals surface area contributed by atoms with Crippen molar-refractivity contribution in [3.05, 3.63) is 71.8 Å². The quantitative estimate of drug-likeness (QED) is 0.849. The SMILES string of the molecule is OCC1[C@@H](CO)N(Cc2ccccc2)CCN1Cc1ccccc1. The van der Waals surface area contributed by atoms with Crippen LogP contribution in [0.4, 0.5) is 0 Å². The summed E-state index contributed by atoms with van der Waals surface area (Å²) in [6.07, 6.45) is 0. The van der Waals surface area contributed by atoms with E-state index in [1.54, 1.807) is 0 Å². The van der Waals surface area contributed by atoms with Crippen molar-refractivity contribution < 1.29 is 10.2 Å². The molecule has 24 heavy (non-hydrogen) atoms. The number of rotatable bonds is 6. The standard InChI is InChI=1S/C20H26N2O2/c23-15-19-20(16-24)22(14-18-9-5-2-6-10-18)12-11-21(19)13-17-7-3-1-4-8-17/h1-10,19-20,23-24H,11-16H2/t19-,20?/m1/s1. The van der Waals surface area contributed by atoms with Crippen LogP contribution in [0.15, 0.2) is 60.7 Å². The number of aliphatic hydroxyl groups excluding tert-OH is 2. The lowest BCUT2D eigenvalue weighted by Gasteiger charge is -2.46. The molecule has 4 heteroatoms. The lowest BCUT2D eigenvalue weighted by atomic mass is 10.0. The van der Waals surface area contributed by atoms with E-state index >= 15 is 0 Å². The molecule has 0 radical (unpaired) electrons. The van der Waals surface area contributed by atoms with Gasteiger partial charge in [0.15, 0.2) is 0 Å². The average Bonchev–Trinajstić information content (AvgIpc) is 2.64. The summed E-state index contributed by atoms with van der Waals surface area (Å²) >= 11 is 0. The normalized spacial score (nSPS) is 22.6. The van der Waals surface area contributed by atoms with Crippen LogP contribution in [0, 0.1) is 0 Å². The maximum absolute atomic E-state index is 9.95. The van der Waals surface area contributed by atoms with Crippen LogP contribution >= 0.6 is 0 Å². The predicted molar refractivity (Wildman–Crippen MR) is 95.5 cm³/mol. The maximum atomic E-state index is 9.95. The van der Waals surface area contributed by atoms with Gasteiger partial charge in [0.05, 0.1) is 25.3 Å². The summed E-state index contributed by atoms with van der Waals surface area (Å²) in [5, 5.41) is 19.9. The van der Waals surface area contributed by atoms with E-state index in [0.717, 1.165) is 26.2 Å². The molecule has 128 valence electrons. The number of hydrogen-bond acceptors (Lipinski definition) is 4. The molecule has 0 saturated carbocycles. The van der Waals surface area contributed by atoms with Crippen molar-refractivity contribution in [1.29, 1.82) is 0 Å². The highest BCUT2D eigenvalue weighted by atomic mass is 16.3. The molecule has 2 atom stereocenters. The molecule has 0 amide bonds. The van der Waals surface area contributed by atoms with Crippen molar-refractivity contribution in [2.24, 2.45) is 0 Å². The van der Waals surface area contributed by atoms with E-state index in [4.69, 9.17) is 0 Å². The molecule has 1 heterocycles. The topological polar surface area (TPSA) is 46.9 Å². The van der Waals surface area contributed by atoms with Crippen molar-refractivity contribution in [3.63, 3.8) is 0 Å². The fourth-order valence-electron chi connectivity index (χ4n) is 3.58. The van der Waals surface area contributed by atoms with E-state index in [-0.39, 0.29) is 25.3 Å². The Balaban J connectivity index is 1.71. The molecule has 1 aliphatic rings. The van der Waals surface area contributed by atoms with Gasteiger partial charge in [0.25, 0.3) is 0 Å². The van der Waals surface area contributed by atoms with E-state index in [9.17, 15) is 10.2 Å². The minimum Gasteiger partial charge on any atom is -0.395 e. The van der Waals surface area contributed by atoms with Crippen LogP contribution in [-0.2, 0) is 13.1 Å². The third-order valence-electron chi connectivity index (χ3n) is 4.89. The first kappa shape index (κ1) is 17.1. The second-order valence-corrected chi connectivity index (χ2v) is 6.41.